The van der Waals surface area contributed by atoms with E-state index in [2.05, 4.69) is 10.2 Å². The monoisotopic (exact) mass is 488 g/mol. The Morgan fingerprint density at radius 2 is 1.35 bits per heavy atom. The second-order valence-corrected chi connectivity index (χ2v) is 8.98. The van der Waals surface area contributed by atoms with Crippen molar-refractivity contribution in [3.63, 3.8) is 0 Å². The summed E-state index contributed by atoms with van der Waals surface area (Å²) in [5.74, 6) is 0.0142. The van der Waals surface area contributed by atoms with Crippen molar-refractivity contribution >= 4 is 34.7 Å². The fourth-order valence-electron chi connectivity index (χ4n) is 4.46. The number of carbonyl (C=O) groups excluding carboxylic acids is 2. The van der Waals surface area contributed by atoms with Crippen LogP contribution in [0.4, 0.5) is 17.1 Å². The zero-order valence-corrected chi connectivity index (χ0v) is 20.6. The van der Waals surface area contributed by atoms with Gasteiger partial charge in [-0.05, 0) is 48.9 Å². The number of rotatable bonds is 6. The summed E-state index contributed by atoms with van der Waals surface area (Å²) in [6.45, 7) is 1.98. The predicted molar refractivity (Wildman–Crippen MR) is 148 cm³/mol. The molecule has 1 aliphatic rings. The van der Waals surface area contributed by atoms with Crippen LogP contribution >= 0.6 is 0 Å². The molecule has 5 rings (SSSR count). The molecule has 0 aliphatic carbocycles. The van der Waals surface area contributed by atoms with Crippen molar-refractivity contribution in [3.05, 3.63) is 126 Å². The molecular weight excluding hydrogens is 460 g/mol. The molecule has 0 saturated carbocycles. The number of anilines is 3. The van der Waals surface area contributed by atoms with Crippen LogP contribution in [-0.2, 0) is 9.59 Å². The lowest BCUT2D eigenvalue weighted by molar-refractivity contribution is -0.136. The second-order valence-electron chi connectivity index (χ2n) is 8.98. The fraction of sp³-hybridized carbons (Fsp3) is 0.129. The first kappa shape index (κ1) is 24.0. The normalized spacial score (nSPS) is 14.7. The first-order valence-electron chi connectivity index (χ1n) is 12.3. The number of hydrogen-bond acceptors (Lipinski definition) is 4. The van der Waals surface area contributed by atoms with Gasteiger partial charge in [-0.3, -0.25) is 14.5 Å². The summed E-state index contributed by atoms with van der Waals surface area (Å²) >= 11 is 0. The lowest BCUT2D eigenvalue weighted by Gasteiger charge is -2.24. The lowest BCUT2D eigenvalue weighted by atomic mass is 10.0. The van der Waals surface area contributed by atoms with Gasteiger partial charge >= 0.3 is 0 Å². The smallest absolute Gasteiger partial charge is 0.252 e. The molecule has 0 fully saturated rings. The van der Waals surface area contributed by atoms with Crippen molar-refractivity contribution in [3.8, 4) is 0 Å². The highest BCUT2D eigenvalue weighted by Crippen LogP contribution is 2.36. The van der Waals surface area contributed by atoms with E-state index in [1.165, 1.54) is 5.01 Å². The van der Waals surface area contributed by atoms with Crippen LogP contribution in [0.5, 0.6) is 0 Å². The number of benzene rings is 4. The third kappa shape index (κ3) is 5.59. The molecule has 0 unspecified atom stereocenters. The Hall–Kier alpha value is -4.71. The van der Waals surface area contributed by atoms with E-state index in [1.807, 2.05) is 122 Å². The first-order valence-corrected chi connectivity index (χ1v) is 12.3. The van der Waals surface area contributed by atoms with Crippen molar-refractivity contribution in [2.24, 2.45) is 5.10 Å². The van der Waals surface area contributed by atoms with Crippen molar-refractivity contribution in [2.45, 2.75) is 25.8 Å². The van der Waals surface area contributed by atoms with Gasteiger partial charge in [0.25, 0.3) is 5.91 Å². The summed E-state index contributed by atoms with van der Waals surface area (Å²) in [7, 11) is 0. The minimum Gasteiger partial charge on any atom is -0.326 e. The van der Waals surface area contributed by atoms with E-state index in [4.69, 9.17) is 5.10 Å². The van der Waals surface area contributed by atoms with E-state index in [0.29, 0.717) is 12.1 Å². The number of nitrogens with zero attached hydrogens (tertiary/aromatic N) is 3. The number of carbonyl (C=O) groups is 2. The molecule has 0 bridgehead atoms. The van der Waals surface area contributed by atoms with Gasteiger partial charge in [0.15, 0.2) is 0 Å². The number of hydrogen-bond donors (Lipinski definition) is 1. The van der Waals surface area contributed by atoms with Crippen LogP contribution < -0.4 is 10.2 Å². The molecule has 184 valence electrons. The highest BCUT2D eigenvalue weighted by atomic mass is 16.2. The first-order chi connectivity index (χ1) is 18.1. The zero-order valence-electron chi connectivity index (χ0n) is 20.6. The molecule has 1 atom stereocenters. The van der Waals surface area contributed by atoms with Crippen LogP contribution in [-0.4, -0.2) is 22.7 Å². The van der Waals surface area contributed by atoms with E-state index in [0.717, 1.165) is 28.3 Å². The van der Waals surface area contributed by atoms with Gasteiger partial charge in [-0.2, -0.15) is 5.10 Å². The molecule has 37 heavy (non-hydrogen) atoms. The van der Waals surface area contributed by atoms with Gasteiger partial charge < -0.3 is 5.32 Å². The van der Waals surface area contributed by atoms with Crippen molar-refractivity contribution in [1.82, 2.24) is 5.01 Å². The third-order valence-electron chi connectivity index (χ3n) is 6.27. The fourth-order valence-corrected chi connectivity index (χ4v) is 4.46. The number of nitrogens with one attached hydrogen (secondary N) is 1. The molecule has 2 amide bonds. The molecule has 6 heteroatoms. The van der Waals surface area contributed by atoms with Gasteiger partial charge in [0.05, 0.1) is 6.04 Å². The number of amides is 2. The van der Waals surface area contributed by atoms with E-state index < -0.39 is 0 Å². The van der Waals surface area contributed by atoms with E-state index in [1.54, 1.807) is 0 Å². The third-order valence-corrected chi connectivity index (χ3v) is 6.27. The van der Waals surface area contributed by atoms with Crippen LogP contribution in [0.2, 0.25) is 0 Å². The Bertz CT molecular complexity index is 1350. The highest BCUT2D eigenvalue weighted by Gasteiger charge is 2.36. The maximum atomic E-state index is 13.5. The van der Waals surface area contributed by atoms with Crippen LogP contribution in [0.3, 0.4) is 0 Å². The average molecular weight is 489 g/mol. The topological polar surface area (TPSA) is 65.0 Å². The minimum absolute atomic E-state index is 0.301. The molecule has 1 N–H and O–H groups in total. The summed E-state index contributed by atoms with van der Waals surface area (Å²) in [5.41, 5.74) is 4.62. The maximum absolute atomic E-state index is 13.5. The molecule has 0 spiro atoms. The largest absolute Gasteiger partial charge is 0.326 e. The summed E-state index contributed by atoms with van der Waals surface area (Å²) < 4.78 is 0. The van der Waals surface area contributed by atoms with Crippen LogP contribution in [0.25, 0.3) is 0 Å². The molecule has 6 nitrogen and oxygen atoms in total. The van der Waals surface area contributed by atoms with Crippen molar-refractivity contribution in [2.75, 3.05) is 10.2 Å². The molecule has 0 saturated heterocycles. The zero-order chi connectivity index (χ0) is 25.6. The van der Waals surface area contributed by atoms with Gasteiger partial charge in [-0.1, -0.05) is 84.4 Å². The Labute approximate surface area is 216 Å². The van der Waals surface area contributed by atoms with Gasteiger partial charge in [0.1, 0.15) is 12.3 Å². The molecule has 0 radical (unpaired) electrons. The minimum atomic E-state index is -0.368. The number of aryl methyl sites for hydroxylation is 1. The summed E-state index contributed by atoms with van der Waals surface area (Å²) in [4.78, 5) is 28.3. The van der Waals surface area contributed by atoms with Crippen molar-refractivity contribution < 1.29 is 9.59 Å². The van der Waals surface area contributed by atoms with E-state index in [-0.39, 0.29) is 24.3 Å². The summed E-state index contributed by atoms with van der Waals surface area (Å²) in [5, 5.41) is 9.11. The number of amidine groups is 1. The molecule has 0 aromatic heterocycles. The van der Waals surface area contributed by atoms with E-state index in [9.17, 15) is 9.59 Å². The van der Waals surface area contributed by atoms with Crippen LogP contribution in [0, 0.1) is 6.92 Å². The summed E-state index contributed by atoms with van der Waals surface area (Å²) in [6, 6.07) is 37.0. The maximum Gasteiger partial charge on any atom is 0.252 e. The molecular formula is C31H28N4O2. The standard InChI is InChI=1S/C31H28N4O2/c1-23-17-19-25(20-18-23)32-30(36)22-31(37)35-28(24-11-5-2-6-12-24)21-29(33-35)34(26-13-7-3-8-14-26)27-15-9-4-10-16-27/h2-20,28H,21-22H2,1H3,(H,32,36)/t28-/m1/s1. The Balaban J connectivity index is 1.45. The molecule has 1 heterocycles. The Morgan fingerprint density at radius 1 is 0.811 bits per heavy atom. The molecule has 1 aliphatic heterocycles. The van der Waals surface area contributed by atoms with Gasteiger partial charge in [0.2, 0.25) is 5.91 Å². The van der Waals surface area contributed by atoms with E-state index >= 15 is 0 Å². The van der Waals surface area contributed by atoms with Crippen LogP contribution in [0.1, 0.15) is 30.0 Å². The molecule has 4 aromatic rings. The highest BCUT2D eigenvalue weighted by molar-refractivity contribution is 6.08. The van der Waals surface area contributed by atoms with Crippen LogP contribution in [0.15, 0.2) is 120 Å². The van der Waals surface area contributed by atoms with Crippen molar-refractivity contribution in [1.29, 1.82) is 0 Å². The molecule has 4 aromatic carbocycles. The second kappa shape index (κ2) is 10.9. The quantitative estimate of drug-likeness (QED) is 0.317. The summed E-state index contributed by atoms with van der Waals surface area (Å²) in [6.07, 6.45) is 0.212. The SMILES string of the molecule is Cc1ccc(NC(=O)CC(=O)N2N=C(N(c3ccccc3)c3ccccc3)C[C@@H]2c2ccccc2)cc1. The van der Waals surface area contributed by atoms with Gasteiger partial charge in [0, 0.05) is 23.5 Å². The Kier molecular flexibility index (Phi) is 7.08. The average Bonchev–Trinajstić information content (AvgIpc) is 3.37. The van der Waals surface area contributed by atoms with Gasteiger partial charge in [-0.15, -0.1) is 0 Å². The lowest BCUT2D eigenvalue weighted by Crippen LogP contribution is -2.30. The van der Waals surface area contributed by atoms with Gasteiger partial charge in [-0.25, -0.2) is 5.01 Å². The predicted octanol–water partition coefficient (Wildman–Crippen LogP) is 6.45. The number of hydrazone groups is 1. The number of para-hydroxylation sites is 2. The Morgan fingerprint density at radius 3 is 1.92 bits per heavy atom.